The summed E-state index contributed by atoms with van der Waals surface area (Å²) in [5.41, 5.74) is 0. The van der Waals surface area contributed by atoms with Gasteiger partial charge in [0.1, 0.15) is 44.2 Å². The third-order valence-electron chi connectivity index (χ3n) is 15.0. The van der Waals surface area contributed by atoms with E-state index < -0.39 is 24.4 Å². The second kappa shape index (κ2) is 61.0. The maximum absolute atomic E-state index is 12.7. The van der Waals surface area contributed by atoms with Gasteiger partial charge in [-0.1, -0.05) is 211 Å². The number of hydrogen-bond donors (Lipinski definition) is 1. The minimum atomic E-state index is -0.639. The zero-order valence-electron chi connectivity index (χ0n) is 52.0. The van der Waals surface area contributed by atoms with Gasteiger partial charge in [-0.2, -0.15) is 0 Å². The van der Waals surface area contributed by atoms with E-state index in [1.54, 1.807) is 0 Å². The number of aliphatic hydroxyl groups is 1. The molecule has 0 amide bonds. The summed E-state index contributed by atoms with van der Waals surface area (Å²) in [7, 11) is 0. The molecule has 468 valence electrons. The molecular weight excluding hydrogens is 1010 g/mol. The summed E-state index contributed by atoms with van der Waals surface area (Å²) < 4.78 is 47.3. The molecule has 0 saturated carbocycles. The molecule has 0 aromatic heterocycles. The van der Waals surface area contributed by atoms with Gasteiger partial charge in [0.2, 0.25) is 0 Å². The summed E-state index contributed by atoms with van der Waals surface area (Å²) in [6, 6.07) is 0. The molecule has 12 heteroatoms. The van der Waals surface area contributed by atoms with E-state index in [4.69, 9.17) is 37.9 Å². The van der Waals surface area contributed by atoms with Gasteiger partial charge in [0.05, 0.1) is 46.2 Å². The lowest BCUT2D eigenvalue weighted by atomic mass is 10.1. The van der Waals surface area contributed by atoms with E-state index in [-0.39, 0.29) is 84.0 Å². The van der Waals surface area contributed by atoms with Crippen molar-refractivity contribution in [1.29, 1.82) is 0 Å². The van der Waals surface area contributed by atoms with Gasteiger partial charge in [0, 0.05) is 19.3 Å². The zero-order valence-corrected chi connectivity index (χ0v) is 52.0. The quantitative estimate of drug-likeness (QED) is 0.0268. The lowest BCUT2D eigenvalue weighted by Crippen LogP contribution is -2.45. The molecule has 0 aromatic rings. The molecule has 1 saturated heterocycles. The lowest BCUT2D eigenvalue weighted by Gasteiger charge is -2.29. The Hall–Kier alpha value is -2.61. The number of unbranched alkanes of at least 4 members (excludes halogenated alkanes) is 33. The van der Waals surface area contributed by atoms with Gasteiger partial charge >= 0.3 is 17.9 Å². The van der Waals surface area contributed by atoms with Crippen LogP contribution in [0.5, 0.6) is 0 Å². The van der Waals surface area contributed by atoms with Crippen molar-refractivity contribution in [1.82, 2.24) is 0 Å². The minimum Gasteiger partial charge on any atom is -0.463 e. The van der Waals surface area contributed by atoms with Crippen LogP contribution in [0.15, 0.2) is 36.5 Å². The standard InChI is InChI=1S/C68H124O12/c1-4-7-10-13-16-19-22-25-28-31-34-37-40-43-46-49-64(70)76-55-54-73-60-62(74-53-52-69)68-67(79-59-58-78-66(72)51-48-45-42-39-36-33-30-27-24-21-18-15-12-9-6-3)63(61-80-68)75-56-57-77-65(71)50-47-44-41-38-35-32-29-26-23-20-17-14-11-8-5-2/h25-30,62-63,67-69H,4-24,31-61H2,1-3H3/b28-25+,29-26+,30-27+. The van der Waals surface area contributed by atoms with Crippen molar-refractivity contribution < 1.29 is 57.4 Å². The molecule has 0 radical (unpaired) electrons. The fourth-order valence-electron chi connectivity index (χ4n) is 10.1. The van der Waals surface area contributed by atoms with Crippen LogP contribution in [0, 0.1) is 0 Å². The summed E-state index contributed by atoms with van der Waals surface area (Å²) in [4.78, 5) is 37.7. The molecule has 1 N–H and O–H groups in total. The molecule has 12 nitrogen and oxygen atoms in total. The van der Waals surface area contributed by atoms with Crippen LogP contribution in [-0.2, 0) is 52.3 Å². The van der Waals surface area contributed by atoms with E-state index in [0.29, 0.717) is 19.3 Å². The Kier molecular flexibility index (Phi) is 57.5. The molecule has 1 heterocycles. The van der Waals surface area contributed by atoms with Crippen LogP contribution >= 0.6 is 0 Å². The van der Waals surface area contributed by atoms with E-state index in [2.05, 4.69) is 57.2 Å². The third-order valence-corrected chi connectivity index (χ3v) is 15.0. The molecule has 1 aliphatic heterocycles. The first-order valence-electron chi connectivity index (χ1n) is 33.5. The molecule has 1 rings (SSSR count). The van der Waals surface area contributed by atoms with Crippen LogP contribution in [0.2, 0.25) is 0 Å². The van der Waals surface area contributed by atoms with Crippen molar-refractivity contribution in [3.8, 4) is 0 Å². The molecule has 0 aromatic carbocycles. The molecule has 0 spiro atoms. The normalized spacial score (nSPS) is 16.0. The van der Waals surface area contributed by atoms with Crippen molar-refractivity contribution in [2.24, 2.45) is 0 Å². The maximum atomic E-state index is 12.7. The van der Waals surface area contributed by atoms with Crippen molar-refractivity contribution in [3.05, 3.63) is 36.5 Å². The van der Waals surface area contributed by atoms with E-state index in [1.165, 1.54) is 173 Å². The predicted molar refractivity (Wildman–Crippen MR) is 328 cm³/mol. The molecule has 4 atom stereocenters. The zero-order chi connectivity index (χ0) is 57.7. The molecule has 4 unspecified atom stereocenters. The second-order valence-corrected chi connectivity index (χ2v) is 22.4. The highest BCUT2D eigenvalue weighted by Gasteiger charge is 2.44. The third kappa shape index (κ3) is 50.0. The average molecular weight is 1130 g/mol. The Morgan fingerprint density at radius 3 is 1.10 bits per heavy atom. The first-order chi connectivity index (χ1) is 39.5. The number of ether oxygens (including phenoxy) is 8. The SMILES string of the molecule is CCCCCCCC/C=C/CCCCCCCC(=O)OCCOCC(OCCO)C1OCC(OCCOC(=O)CCCCCCC/C=C/CCCCCCCC)C1OCCOC(=O)CCCCCCC/C=C/CCCCCCCC. The Bertz CT molecular complexity index is 1430. The monoisotopic (exact) mass is 1130 g/mol. The summed E-state index contributed by atoms with van der Waals surface area (Å²) in [5, 5.41) is 9.70. The Balaban J connectivity index is 2.51. The first kappa shape index (κ1) is 75.4. The van der Waals surface area contributed by atoms with Crippen LogP contribution < -0.4 is 0 Å². The van der Waals surface area contributed by atoms with E-state index >= 15 is 0 Å². The smallest absolute Gasteiger partial charge is 0.305 e. The number of esters is 3. The summed E-state index contributed by atoms with van der Waals surface area (Å²) in [6.45, 7) is 7.67. The fraction of sp³-hybridized carbons (Fsp3) is 0.868. The predicted octanol–water partition coefficient (Wildman–Crippen LogP) is 17.3. The van der Waals surface area contributed by atoms with Crippen LogP contribution in [-0.4, -0.2) is 113 Å². The highest BCUT2D eigenvalue weighted by molar-refractivity contribution is 5.69. The van der Waals surface area contributed by atoms with Gasteiger partial charge in [0.15, 0.2) is 0 Å². The van der Waals surface area contributed by atoms with Crippen LogP contribution in [0.4, 0.5) is 0 Å². The molecule has 80 heavy (non-hydrogen) atoms. The van der Waals surface area contributed by atoms with Crippen molar-refractivity contribution in [2.45, 2.75) is 315 Å². The van der Waals surface area contributed by atoms with Gasteiger partial charge in [-0.15, -0.1) is 0 Å². The highest BCUT2D eigenvalue weighted by atomic mass is 16.6. The molecule has 1 fully saturated rings. The fourth-order valence-corrected chi connectivity index (χ4v) is 10.1. The van der Waals surface area contributed by atoms with Crippen molar-refractivity contribution >= 4 is 17.9 Å². The van der Waals surface area contributed by atoms with Gasteiger partial charge in [-0.05, 0) is 96.3 Å². The average Bonchev–Trinajstić information content (AvgIpc) is 3.91. The van der Waals surface area contributed by atoms with Gasteiger partial charge in [0.25, 0.3) is 0 Å². The van der Waals surface area contributed by atoms with Crippen molar-refractivity contribution in [3.63, 3.8) is 0 Å². The first-order valence-corrected chi connectivity index (χ1v) is 33.5. The van der Waals surface area contributed by atoms with Crippen LogP contribution in [0.1, 0.15) is 290 Å². The number of carbonyl (C=O) groups is 3. The molecular formula is C68H124O12. The van der Waals surface area contributed by atoms with Gasteiger partial charge in [-0.25, -0.2) is 0 Å². The number of allylic oxidation sites excluding steroid dienone is 6. The summed E-state index contributed by atoms with van der Waals surface area (Å²) in [5.74, 6) is -0.701. The van der Waals surface area contributed by atoms with Gasteiger partial charge in [-0.3, -0.25) is 14.4 Å². The topological polar surface area (TPSA) is 145 Å². The Morgan fingerprint density at radius 2 is 0.738 bits per heavy atom. The minimum absolute atomic E-state index is 0.0533. The number of rotatable bonds is 62. The number of carbonyl (C=O) groups excluding carboxylic acids is 3. The van der Waals surface area contributed by atoms with Crippen molar-refractivity contribution in [2.75, 3.05) is 66.1 Å². The van der Waals surface area contributed by atoms with E-state index in [9.17, 15) is 19.5 Å². The largest absolute Gasteiger partial charge is 0.463 e. The second-order valence-electron chi connectivity index (χ2n) is 22.4. The van der Waals surface area contributed by atoms with Crippen LogP contribution in [0.25, 0.3) is 0 Å². The Morgan fingerprint density at radius 1 is 0.412 bits per heavy atom. The molecule has 0 aliphatic carbocycles. The summed E-state index contributed by atoms with van der Waals surface area (Å²) in [6.07, 6.45) is 59.6. The maximum Gasteiger partial charge on any atom is 0.305 e. The number of hydrogen-bond acceptors (Lipinski definition) is 12. The highest BCUT2D eigenvalue weighted by Crippen LogP contribution is 2.26. The lowest BCUT2D eigenvalue weighted by molar-refractivity contribution is -0.155. The van der Waals surface area contributed by atoms with Crippen LogP contribution in [0.3, 0.4) is 0 Å². The molecule has 1 aliphatic rings. The Labute approximate surface area is 490 Å². The van der Waals surface area contributed by atoms with Gasteiger partial charge < -0.3 is 43.0 Å². The van der Waals surface area contributed by atoms with E-state index in [0.717, 1.165) is 77.0 Å². The number of aliphatic hydroxyl groups excluding tert-OH is 1. The van der Waals surface area contributed by atoms with E-state index in [1.807, 2.05) is 0 Å². The summed E-state index contributed by atoms with van der Waals surface area (Å²) >= 11 is 0. The molecule has 0 bridgehead atoms.